The van der Waals surface area contributed by atoms with E-state index in [1.54, 1.807) is 0 Å². The van der Waals surface area contributed by atoms with Crippen LogP contribution in [0.4, 0.5) is 0 Å². The van der Waals surface area contributed by atoms with Crippen LogP contribution in [0.15, 0.2) is 0 Å². The van der Waals surface area contributed by atoms with Gasteiger partial charge in [0.1, 0.15) is 0 Å². The van der Waals surface area contributed by atoms with Gasteiger partial charge in [-0.1, -0.05) is 12.8 Å². The zero-order chi connectivity index (χ0) is 11.0. The summed E-state index contributed by atoms with van der Waals surface area (Å²) in [7, 11) is 0. The van der Waals surface area contributed by atoms with Crippen molar-refractivity contribution in [2.45, 2.75) is 50.1 Å². The summed E-state index contributed by atoms with van der Waals surface area (Å²) in [6, 6.07) is 0.760. The average Bonchev–Trinajstić information content (AvgIpc) is 2.93. The Kier molecular flexibility index (Phi) is 2.94. The van der Waals surface area contributed by atoms with Gasteiger partial charge in [0.15, 0.2) is 0 Å². The van der Waals surface area contributed by atoms with Gasteiger partial charge in [-0.25, -0.2) is 0 Å². The monoisotopic (exact) mass is 223 g/mol. The zero-order valence-electron chi connectivity index (χ0n) is 10.3. The van der Waals surface area contributed by atoms with E-state index >= 15 is 0 Å². The summed E-state index contributed by atoms with van der Waals surface area (Å²) in [6.45, 7) is 4.69. The maximum atomic E-state index is 6.12. The van der Waals surface area contributed by atoms with Crippen LogP contribution in [-0.2, 0) is 0 Å². The summed E-state index contributed by atoms with van der Waals surface area (Å²) in [6.07, 6.45) is 8.20. The highest BCUT2D eigenvalue weighted by molar-refractivity contribution is 5.05. The minimum absolute atomic E-state index is 0.280. The lowest BCUT2D eigenvalue weighted by atomic mass is 9.78. The number of nitrogens with two attached hydrogens (primary N) is 1. The average molecular weight is 223 g/mol. The van der Waals surface area contributed by atoms with E-state index in [0.29, 0.717) is 0 Å². The van der Waals surface area contributed by atoms with E-state index in [0.717, 1.165) is 18.5 Å². The first-order valence-electron chi connectivity index (χ1n) is 7.02. The van der Waals surface area contributed by atoms with Crippen molar-refractivity contribution in [1.82, 2.24) is 10.2 Å². The fourth-order valence-electron chi connectivity index (χ4n) is 4.04. The molecule has 3 atom stereocenters. The Hall–Kier alpha value is -0.120. The quantitative estimate of drug-likeness (QED) is 0.748. The van der Waals surface area contributed by atoms with Crippen LogP contribution in [0, 0.1) is 5.92 Å². The Labute approximate surface area is 98.8 Å². The van der Waals surface area contributed by atoms with Crippen molar-refractivity contribution in [3.8, 4) is 0 Å². The molecule has 16 heavy (non-hydrogen) atoms. The Morgan fingerprint density at radius 2 is 2.00 bits per heavy atom. The van der Waals surface area contributed by atoms with Crippen molar-refractivity contribution < 1.29 is 0 Å². The lowest BCUT2D eigenvalue weighted by Crippen LogP contribution is -2.62. The predicted molar refractivity (Wildman–Crippen MR) is 66.3 cm³/mol. The van der Waals surface area contributed by atoms with Gasteiger partial charge in [0.25, 0.3) is 0 Å². The van der Waals surface area contributed by atoms with Crippen LogP contribution >= 0.6 is 0 Å². The molecule has 3 rings (SSSR count). The number of nitrogens with zero attached hydrogens (tertiary/aromatic N) is 1. The van der Waals surface area contributed by atoms with Crippen LogP contribution in [0.3, 0.4) is 0 Å². The fraction of sp³-hybridized carbons (Fsp3) is 1.00. The molecule has 1 saturated carbocycles. The van der Waals surface area contributed by atoms with Crippen molar-refractivity contribution in [2.24, 2.45) is 11.7 Å². The molecular weight excluding hydrogens is 198 g/mol. The normalized spacial score (nSPS) is 44.1. The standard InChI is InChI=1S/C13H25N3/c14-10-13(15-12-3-1-2-4-12)6-8-16-7-5-11(13)9-16/h11-12,15H,1-10,14H2. The number of fused-ring (bicyclic) bond motifs is 2. The molecule has 3 N–H and O–H groups in total. The predicted octanol–water partition coefficient (Wildman–Crippen LogP) is 0.942. The maximum absolute atomic E-state index is 6.12. The molecule has 2 heterocycles. The molecule has 3 fully saturated rings. The van der Waals surface area contributed by atoms with Crippen molar-refractivity contribution in [3.05, 3.63) is 0 Å². The first-order valence-corrected chi connectivity index (χ1v) is 7.02. The van der Waals surface area contributed by atoms with Crippen molar-refractivity contribution >= 4 is 0 Å². The van der Waals surface area contributed by atoms with Crippen LogP contribution in [0.1, 0.15) is 38.5 Å². The fourth-order valence-corrected chi connectivity index (χ4v) is 4.04. The van der Waals surface area contributed by atoms with Gasteiger partial charge in [0.2, 0.25) is 0 Å². The second kappa shape index (κ2) is 4.28. The summed E-state index contributed by atoms with van der Waals surface area (Å²) in [4.78, 5) is 2.61. The number of nitrogens with one attached hydrogen (secondary N) is 1. The third-order valence-electron chi connectivity index (χ3n) is 5.14. The van der Waals surface area contributed by atoms with Crippen LogP contribution < -0.4 is 11.1 Å². The maximum Gasteiger partial charge on any atom is 0.0359 e. The van der Waals surface area contributed by atoms with Crippen LogP contribution in [0.5, 0.6) is 0 Å². The SMILES string of the molecule is NCC1(NC2CCCC2)CCN2CCC1C2. The van der Waals surface area contributed by atoms with E-state index in [1.165, 1.54) is 58.2 Å². The molecule has 2 saturated heterocycles. The molecule has 0 amide bonds. The summed E-state index contributed by atoms with van der Waals surface area (Å²) >= 11 is 0. The molecule has 3 unspecified atom stereocenters. The molecule has 3 heteroatoms. The highest BCUT2D eigenvalue weighted by Gasteiger charge is 2.46. The molecule has 1 aliphatic carbocycles. The Balaban J connectivity index is 1.71. The summed E-state index contributed by atoms with van der Waals surface area (Å²) in [5, 5.41) is 3.96. The summed E-state index contributed by atoms with van der Waals surface area (Å²) < 4.78 is 0. The number of hydrogen-bond donors (Lipinski definition) is 2. The zero-order valence-corrected chi connectivity index (χ0v) is 10.3. The van der Waals surface area contributed by atoms with Gasteiger partial charge in [0, 0.05) is 24.7 Å². The molecule has 92 valence electrons. The van der Waals surface area contributed by atoms with Crippen molar-refractivity contribution in [3.63, 3.8) is 0 Å². The molecule has 0 aromatic heterocycles. The number of rotatable bonds is 3. The molecule has 3 aliphatic rings. The topological polar surface area (TPSA) is 41.3 Å². The molecule has 2 aliphatic heterocycles. The van der Waals surface area contributed by atoms with E-state index < -0.39 is 0 Å². The first kappa shape index (κ1) is 11.0. The second-order valence-corrected chi connectivity index (χ2v) is 6.02. The van der Waals surface area contributed by atoms with E-state index in [1.807, 2.05) is 0 Å². The lowest BCUT2D eigenvalue weighted by Gasteiger charge is -2.45. The van der Waals surface area contributed by atoms with Gasteiger partial charge in [-0.3, -0.25) is 0 Å². The third-order valence-corrected chi connectivity index (χ3v) is 5.14. The first-order chi connectivity index (χ1) is 7.82. The molecule has 0 aromatic rings. The summed E-state index contributed by atoms with van der Waals surface area (Å²) in [5.74, 6) is 0.812. The smallest absolute Gasteiger partial charge is 0.0359 e. The van der Waals surface area contributed by atoms with E-state index in [2.05, 4.69) is 10.2 Å². The third kappa shape index (κ3) is 1.79. The van der Waals surface area contributed by atoms with Gasteiger partial charge in [0.05, 0.1) is 0 Å². The van der Waals surface area contributed by atoms with Gasteiger partial charge in [-0.15, -0.1) is 0 Å². The Morgan fingerprint density at radius 3 is 2.75 bits per heavy atom. The van der Waals surface area contributed by atoms with Crippen LogP contribution in [-0.4, -0.2) is 42.7 Å². The van der Waals surface area contributed by atoms with E-state index in [4.69, 9.17) is 5.73 Å². The molecule has 3 nitrogen and oxygen atoms in total. The van der Waals surface area contributed by atoms with Gasteiger partial charge >= 0.3 is 0 Å². The molecule has 0 aromatic carbocycles. The molecule has 0 radical (unpaired) electrons. The molecular formula is C13H25N3. The lowest BCUT2D eigenvalue weighted by molar-refractivity contribution is 0.123. The summed E-state index contributed by atoms with van der Waals surface area (Å²) in [5.41, 5.74) is 6.40. The highest BCUT2D eigenvalue weighted by atomic mass is 15.2. The van der Waals surface area contributed by atoms with Gasteiger partial charge in [-0.05, 0) is 44.7 Å². The van der Waals surface area contributed by atoms with Crippen molar-refractivity contribution in [1.29, 1.82) is 0 Å². The molecule has 2 bridgehead atoms. The van der Waals surface area contributed by atoms with Crippen LogP contribution in [0.2, 0.25) is 0 Å². The Morgan fingerprint density at radius 1 is 1.19 bits per heavy atom. The minimum Gasteiger partial charge on any atom is -0.329 e. The minimum atomic E-state index is 0.280. The van der Waals surface area contributed by atoms with E-state index in [9.17, 15) is 0 Å². The Bertz CT molecular complexity index is 250. The number of piperidine rings is 1. The largest absolute Gasteiger partial charge is 0.329 e. The van der Waals surface area contributed by atoms with Gasteiger partial charge in [-0.2, -0.15) is 0 Å². The van der Waals surface area contributed by atoms with Crippen molar-refractivity contribution in [2.75, 3.05) is 26.2 Å². The van der Waals surface area contributed by atoms with E-state index in [-0.39, 0.29) is 5.54 Å². The molecule has 0 spiro atoms. The van der Waals surface area contributed by atoms with Crippen LogP contribution in [0.25, 0.3) is 0 Å². The number of hydrogen-bond acceptors (Lipinski definition) is 3. The second-order valence-electron chi connectivity index (χ2n) is 6.02. The highest BCUT2D eigenvalue weighted by Crippen LogP contribution is 2.36. The van der Waals surface area contributed by atoms with Gasteiger partial charge < -0.3 is 16.0 Å².